The normalized spacial score (nSPS) is 21.3. The van der Waals surface area contributed by atoms with Gasteiger partial charge in [-0.1, -0.05) is 35.9 Å². The number of para-hydroxylation sites is 1. The van der Waals surface area contributed by atoms with Gasteiger partial charge in [-0.3, -0.25) is 9.69 Å². The van der Waals surface area contributed by atoms with Crippen LogP contribution in [-0.4, -0.2) is 35.2 Å². The number of nitrogens with one attached hydrogen (secondary N) is 1. The molecule has 1 unspecified atom stereocenters. The van der Waals surface area contributed by atoms with Crippen molar-refractivity contribution >= 4 is 35.1 Å². The monoisotopic (exact) mass is 381 g/mol. The van der Waals surface area contributed by atoms with E-state index in [9.17, 15) is 9.59 Å². The second kappa shape index (κ2) is 6.60. The lowest BCUT2D eigenvalue weighted by Crippen LogP contribution is -2.52. The number of benzene rings is 2. The molecule has 2 aromatic carbocycles. The van der Waals surface area contributed by atoms with Crippen LogP contribution in [0, 0.1) is 6.92 Å². The van der Waals surface area contributed by atoms with Gasteiger partial charge in [0.1, 0.15) is 0 Å². The van der Waals surface area contributed by atoms with Gasteiger partial charge in [0.2, 0.25) is 0 Å². The number of fused-ring (bicyclic) bond motifs is 2. The highest BCUT2D eigenvalue weighted by Crippen LogP contribution is 2.54. The van der Waals surface area contributed by atoms with Gasteiger partial charge in [-0.15, -0.1) is 11.8 Å². The van der Waals surface area contributed by atoms with Crippen LogP contribution < -0.4 is 10.2 Å². The fourth-order valence-electron chi connectivity index (χ4n) is 3.86. The Labute approximate surface area is 163 Å². The van der Waals surface area contributed by atoms with E-state index in [0.717, 1.165) is 28.3 Å². The van der Waals surface area contributed by atoms with Crippen LogP contribution in [0.25, 0.3) is 0 Å². The molecule has 1 fully saturated rings. The molecule has 2 aromatic rings. The number of aryl methyl sites for hydroxylation is 1. The minimum absolute atomic E-state index is 0.0275. The third-order valence-corrected chi connectivity index (χ3v) is 6.53. The van der Waals surface area contributed by atoms with Crippen molar-refractivity contribution in [3.8, 4) is 0 Å². The van der Waals surface area contributed by atoms with Gasteiger partial charge >= 0.3 is 6.03 Å². The molecular formula is C21H23N3O2S. The van der Waals surface area contributed by atoms with Crippen molar-refractivity contribution < 1.29 is 9.59 Å². The smallest absolute Gasteiger partial charge is 0.308 e. The van der Waals surface area contributed by atoms with E-state index in [1.807, 2.05) is 74.2 Å². The molecule has 1 atom stereocenters. The van der Waals surface area contributed by atoms with Crippen molar-refractivity contribution in [3.63, 3.8) is 0 Å². The maximum absolute atomic E-state index is 13.5. The predicted octanol–water partition coefficient (Wildman–Crippen LogP) is 4.18. The number of thioether (sulfide) groups is 1. The summed E-state index contributed by atoms with van der Waals surface area (Å²) >= 11 is 1.55. The highest BCUT2D eigenvalue weighted by molar-refractivity contribution is 8.01. The first-order chi connectivity index (χ1) is 12.9. The van der Waals surface area contributed by atoms with Crippen LogP contribution in [0.4, 0.5) is 16.2 Å². The van der Waals surface area contributed by atoms with Crippen LogP contribution in [0.2, 0.25) is 0 Å². The Morgan fingerprint density at radius 3 is 2.56 bits per heavy atom. The van der Waals surface area contributed by atoms with Crippen molar-refractivity contribution in [1.82, 2.24) is 4.90 Å². The van der Waals surface area contributed by atoms with Crippen molar-refractivity contribution in [2.45, 2.75) is 31.7 Å². The Morgan fingerprint density at radius 1 is 1.15 bits per heavy atom. The van der Waals surface area contributed by atoms with E-state index in [1.165, 1.54) is 0 Å². The number of nitrogens with zero attached hydrogens (tertiary/aromatic N) is 2. The van der Waals surface area contributed by atoms with Crippen LogP contribution in [0.5, 0.6) is 0 Å². The molecule has 6 heteroatoms. The molecule has 0 bridgehead atoms. The summed E-state index contributed by atoms with van der Waals surface area (Å²) in [6.45, 7) is 6.55. The van der Waals surface area contributed by atoms with E-state index in [2.05, 4.69) is 5.32 Å². The predicted molar refractivity (Wildman–Crippen MR) is 110 cm³/mol. The highest BCUT2D eigenvalue weighted by atomic mass is 32.2. The number of hydrogen-bond donors (Lipinski definition) is 1. The number of amides is 3. The molecule has 1 N–H and O–H groups in total. The Balaban J connectivity index is 1.72. The number of rotatable bonds is 2. The maximum Gasteiger partial charge on any atom is 0.323 e. The molecule has 2 aliphatic heterocycles. The number of anilines is 2. The van der Waals surface area contributed by atoms with Crippen LogP contribution in [0.15, 0.2) is 48.5 Å². The van der Waals surface area contributed by atoms with Gasteiger partial charge in [0, 0.05) is 29.6 Å². The van der Waals surface area contributed by atoms with Gasteiger partial charge in [0.25, 0.3) is 5.91 Å². The Bertz CT molecular complexity index is 897. The molecule has 0 aromatic heterocycles. The van der Waals surface area contributed by atoms with Gasteiger partial charge in [-0.05, 0) is 39.0 Å². The molecule has 5 nitrogen and oxygen atoms in total. The van der Waals surface area contributed by atoms with Gasteiger partial charge in [0.15, 0.2) is 4.87 Å². The number of carbonyl (C=O) groups excluding carboxylic acids is 2. The minimum atomic E-state index is -0.977. The molecule has 1 spiro atoms. The molecule has 4 rings (SSSR count). The Kier molecular flexibility index (Phi) is 4.38. The average Bonchev–Trinajstić information content (AvgIpc) is 3.19. The summed E-state index contributed by atoms with van der Waals surface area (Å²) in [5, 5.41) is 2.96. The first kappa shape index (κ1) is 17.9. The van der Waals surface area contributed by atoms with E-state index >= 15 is 0 Å². The average molecular weight is 382 g/mol. The summed E-state index contributed by atoms with van der Waals surface area (Å²) in [6, 6.07) is 15.3. The van der Waals surface area contributed by atoms with Gasteiger partial charge in [0.05, 0.1) is 5.69 Å². The minimum Gasteiger partial charge on any atom is -0.308 e. The summed E-state index contributed by atoms with van der Waals surface area (Å²) in [5.74, 6) is 0.702. The quantitative estimate of drug-likeness (QED) is 0.849. The molecule has 140 valence electrons. The number of hydrogen-bond acceptors (Lipinski definition) is 3. The van der Waals surface area contributed by atoms with Gasteiger partial charge in [-0.2, -0.15) is 0 Å². The molecule has 3 amide bonds. The van der Waals surface area contributed by atoms with E-state index in [-0.39, 0.29) is 18.0 Å². The first-order valence-corrected chi connectivity index (χ1v) is 10.2. The summed E-state index contributed by atoms with van der Waals surface area (Å²) < 4.78 is 0. The molecule has 2 heterocycles. The summed E-state index contributed by atoms with van der Waals surface area (Å²) in [5.41, 5.74) is 3.68. The Morgan fingerprint density at radius 2 is 1.85 bits per heavy atom. The maximum atomic E-state index is 13.5. The molecule has 1 saturated heterocycles. The SMILES string of the molecule is Cc1ccc(NC(=O)N2CCSC23C(=O)N(C(C)C)c2ccccc23)cc1. The summed E-state index contributed by atoms with van der Waals surface area (Å²) in [7, 11) is 0. The van der Waals surface area contributed by atoms with Crippen LogP contribution >= 0.6 is 11.8 Å². The lowest BCUT2D eigenvalue weighted by Gasteiger charge is -2.33. The second-order valence-corrected chi connectivity index (χ2v) is 8.51. The zero-order valence-electron chi connectivity index (χ0n) is 15.7. The third kappa shape index (κ3) is 2.70. The van der Waals surface area contributed by atoms with E-state index in [4.69, 9.17) is 0 Å². The second-order valence-electron chi connectivity index (χ2n) is 7.23. The lowest BCUT2D eigenvalue weighted by molar-refractivity contribution is -0.123. The summed E-state index contributed by atoms with van der Waals surface area (Å²) in [4.78, 5) is 29.2. The van der Waals surface area contributed by atoms with E-state index in [0.29, 0.717) is 6.54 Å². The van der Waals surface area contributed by atoms with E-state index < -0.39 is 4.87 Å². The van der Waals surface area contributed by atoms with Crippen LogP contribution in [0.1, 0.15) is 25.0 Å². The summed E-state index contributed by atoms with van der Waals surface area (Å²) in [6.07, 6.45) is 0. The molecule has 0 radical (unpaired) electrons. The molecule has 27 heavy (non-hydrogen) atoms. The standard InChI is InChI=1S/C21H23N3O2S/c1-14(2)24-18-7-5-4-6-17(18)21(19(24)25)23(12-13-27-21)20(26)22-16-10-8-15(3)9-11-16/h4-11,14H,12-13H2,1-3H3,(H,22,26). The molecular weight excluding hydrogens is 358 g/mol. The molecule has 2 aliphatic rings. The lowest BCUT2D eigenvalue weighted by atomic mass is 10.1. The van der Waals surface area contributed by atoms with Crippen molar-refractivity contribution in [2.24, 2.45) is 0 Å². The zero-order chi connectivity index (χ0) is 19.2. The topological polar surface area (TPSA) is 52.7 Å². The molecule has 0 saturated carbocycles. The number of carbonyl (C=O) groups is 2. The highest BCUT2D eigenvalue weighted by Gasteiger charge is 2.59. The first-order valence-electron chi connectivity index (χ1n) is 9.17. The fourth-order valence-corrected chi connectivity index (χ4v) is 5.31. The molecule has 0 aliphatic carbocycles. The van der Waals surface area contributed by atoms with Gasteiger partial charge in [-0.25, -0.2) is 4.79 Å². The fraction of sp³-hybridized carbons (Fsp3) is 0.333. The van der Waals surface area contributed by atoms with Crippen molar-refractivity contribution in [3.05, 3.63) is 59.7 Å². The number of urea groups is 1. The van der Waals surface area contributed by atoms with Crippen molar-refractivity contribution in [1.29, 1.82) is 0 Å². The van der Waals surface area contributed by atoms with Crippen LogP contribution in [-0.2, 0) is 9.67 Å². The zero-order valence-corrected chi connectivity index (χ0v) is 16.5. The van der Waals surface area contributed by atoms with Crippen molar-refractivity contribution in [2.75, 3.05) is 22.5 Å². The Hall–Kier alpha value is -2.47. The van der Waals surface area contributed by atoms with Crippen LogP contribution in [0.3, 0.4) is 0 Å². The third-order valence-electron chi connectivity index (χ3n) is 5.11. The van der Waals surface area contributed by atoms with E-state index in [1.54, 1.807) is 16.7 Å². The largest absolute Gasteiger partial charge is 0.323 e. The van der Waals surface area contributed by atoms with Gasteiger partial charge < -0.3 is 10.2 Å².